The predicted molar refractivity (Wildman–Crippen MR) is 85.8 cm³/mol. The van der Waals surface area contributed by atoms with Crippen LogP contribution < -0.4 is 0 Å². The number of rotatable bonds is 4. The Morgan fingerprint density at radius 3 is 2.68 bits per heavy atom. The van der Waals surface area contributed by atoms with Crippen LogP contribution in [-0.4, -0.2) is 35.0 Å². The van der Waals surface area contributed by atoms with E-state index in [1.54, 1.807) is 11.8 Å². The SMILES string of the molecule is Cc1ccc(CCC(=O)N2CCCC(C)(C(=O)O)C2)c(C)c1. The maximum Gasteiger partial charge on any atom is 0.311 e. The van der Waals surface area contributed by atoms with Crippen molar-refractivity contribution in [3.05, 3.63) is 34.9 Å². The van der Waals surface area contributed by atoms with Gasteiger partial charge >= 0.3 is 5.97 Å². The summed E-state index contributed by atoms with van der Waals surface area (Å²) in [5.41, 5.74) is 2.83. The maximum absolute atomic E-state index is 12.4. The Labute approximate surface area is 132 Å². The Morgan fingerprint density at radius 2 is 2.05 bits per heavy atom. The lowest BCUT2D eigenvalue weighted by atomic mass is 9.82. The van der Waals surface area contributed by atoms with Crippen molar-refractivity contribution in [3.8, 4) is 0 Å². The molecule has 4 nitrogen and oxygen atoms in total. The smallest absolute Gasteiger partial charge is 0.311 e. The summed E-state index contributed by atoms with van der Waals surface area (Å²) >= 11 is 0. The minimum absolute atomic E-state index is 0.0622. The molecule has 2 rings (SSSR count). The molecule has 0 radical (unpaired) electrons. The summed E-state index contributed by atoms with van der Waals surface area (Å²) in [4.78, 5) is 25.5. The maximum atomic E-state index is 12.4. The molecule has 1 aromatic carbocycles. The number of carbonyl (C=O) groups excluding carboxylic acids is 1. The van der Waals surface area contributed by atoms with Crippen molar-refractivity contribution in [1.82, 2.24) is 4.90 Å². The predicted octanol–water partition coefficient (Wildman–Crippen LogP) is 2.95. The summed E-state index contributed by atoms with van der Waals surface area (Å²) in [5, 5.41) is 9.33. The van der Waals surface area contributed by atoms with E-state index in [9.17, 15) is 14.7 Å². The van der Waals surface area contributed by atoms with E-state index in [1.807, 2.05) is 0 Å². The van der Waals surface area contributed by atoms with Gasteiger partial charge in [-0.2, -0.15) is 0 Å². The molecule has 1 saturated heterocycles. The average Bonchev–Trinajstić information content (AvgIpc) is 2.46. The first kappa shape index (κ1) is 16.5. The third-order valence-electron chi connectivity index (χ3n) is 4.67. The second kappa shape index (κ2) is 6.51. The standard InChI is InChI=1S/C18H25NO3/c1-13-5-6-15(14(2)11-13)7-8-16(20)19-10-4-9-18(3,12-19)17(21)22/h5-6,11H,4,7-10,12H2,1-3H3,(H,21,22). The third kappa shape index (κ3) is 3.67. The monoisotopic (exact) mass is 303 g/mol. The molecule has 0 bridgehead atoms. The molecule has 1 atom stereocenters. The Kier molecular flexibility index (Phi) is 4.89. The van der Waals surface area contributed by atoms with Crippen molar-refractivity contribution in [3.63, 3.8) is 0 Å². The van der Waals surface area contributed by atoms with Gasteiger partial charge in [0.05, 0.1) is 5.41 Å². The van der Waals surface area contributed by atoms with Crippen molar-refractivity contribution in [2.24, 2.45) is 5.41 Å². The number of hydrogen-bond donors (Lipinski definition) is 1. The van der Waals surface area contributed by atoms with Gasteiger partial charge in [0.2, 0.25) is 5.91 Å². The number of likely N-dealkylation sites (tertiary alicyclic amines) is 1. The fraction of sp³-hybridized carbons (Fsp3) is 0.556. The Bertz CT molecular complexity index is 582. The topological polar surface area (TPSA) is 57.6 Å². The van der Waals surface area contributed by atoms with E-state index in [-0.39, 0.29) is 5.91 Å². The molecule has 0 aromatic heterocycles. The molecule has 1 fully saturated rings. The van der Waals surface area contributed by atoms with Crippen LogP contribution in [0.1, 0.15) is 42.9 Å². The molecule has 120 valence electrons. The van der Waals surface area contributed by atoms with Crippen LogP contribution >= 0.6 is 0 Å². The highest BCUT2D eigenvalue weighted by Crippen LogP contribution is 2.30. The number of carboxylic acids is 1. The molecular weight excluding hydrogens is 278 g/mol. The fourth-order valence-electron chi connectivity index (χ4n) is 3.15. The lowest BCUT2D eigenvalue weighted by molar-refractivity contribution is -0.153. The quantitative estimate of drug-likeness (QED) is 0.930. The zero-order valence-corrected chi connectivity index (χ0v) is 13.7. The van der Waals surface area contributed by atoms with Crippen LogP contribution in [0.3, 0.4) is 0 Å². The zero-order valence-electron chi connectivity index (χ0n) is 13.7. The summed E-state index contributed by atoms with van der Waals surface area (Å²) in [6.45, 7) is 6.86. The Hall–Kier alpha value is -1.84. The van der Waals surface area contributed by atoms with Crippen LogP contribution in [0.25, 0.3) is 0 Å². The molecule has 1 aliphatic heterocycles. The number of benzene rings is 1. The van der Waals surface area contributed by atoms with Crippen molar-refractivity contribution in [2.75, 3.05) is 13.1 Å². The van der Waals surface area contributed by atoms with E-state index in [0.29, 0.717) is 32.4 Å². The number of carbonyl (C=O) groups is 2. The molecule has 1 unspecified atom stereocenters. The van der Waals surface area contributed by atoms with Gasteiger partial charge in [-0.25, -0.2) is 0 Å². The fourth-order valence-corrected chi connectivity index (χ4v) is 3.15. The van der Waals surface area contributed by atoms with Crippen molar-refractivity contribution < 1.29 is 14.7 Å². The van der Waals surface area contributed by atoms with Gasteiger partial charge in [-0.1, -0.05) is 23.8 Å². The van der Waals surface area contributed by atoms with Crippen LogP contribution in [0.2, 0.25) is 0 Å². The highest BCUT2D eigenvalue weighted by Gasteiger charge is 2.39. The first-order valence-electron chi connectivity index (χ1n) is 7.89. The Balaban J connectivity index is 1.96. The summed E-state index contributed by atoms with van der Waals surface area (Å²) in [5.74, 6) is -0.744. The van der Waals surface area contributed by atoms with Gasteiger partial charge in [-0.15, -0.1) is 0 Å². The molecule has 1 N–H and O–H groups in total. The molecule has 1 aromatic rings. The molecule has 22 heavy (non-hydrogen) atoms. The van der Waals surface area contributed by atoms with E-state index in [0.717, 1.165) is 6.42 Å². The average molecular weight is 303 g/mol. The summed E-state index contributed by atoms with van der Waals surface area (Å²) in [6.07, 6.45) is 2.56. The first-order chi connectivity index (χ1) is 10.3. The van der Waals surface area contributed by atoms with Gasteiger partial charge in [0.1, 0.15) is 0 Å². The van der Waals surface area contributed by atoms with Gasteiger partial charge < -0.3 is 10.0 Å². The van der Waals surface area contributed by atoms with Crippen molar-refractivity contribution >= 4 is 11.9 Å². The van der Waals surface area contributed by atoms with Gasteiger partial charge in [-0.05, 0) is 51.2 Å². The largest absolute Gasteiger partial charge is 0.481 e. The summed E-state index contributed by atoms with van der Waals surface area (Å²) in [6, 6.07) is 6.27. The molecular formula is C18H25NO3. The van der Waals surface area contributed by atoms with Crippen LogP contribution in [0.15, 0.2) is 18.2 Å². The second-order valence-electron chi connectivity index (χ2n) is 6.71. The van der Waals surface area contributed by atoms with E-state index >= 15 is 0 Å². The van der Waals surface area contributed by atoms with Gasteiger partial charge in [0.25, 0.3) is 0 Å². The molecule has 1 aliphatic rings. The molecule has 0 aliphatic carbocycles. The second-order valence-corrected chi connectivity index (χ2v) is 6.71. The van der Waals surface area contributed by atoms with E-state index in [4.69, 9.17) is 0 Å². The third-order valence-corrected chi connectivity index (χ3v) is 4.67. The van der Waals surface area contributed by atoms with Gasteiger partial charge in [0, 0.05) is 19.5 Å². The number of piperidine rings is 1. The molecule has 0 saturated carbocycles. The highest BCUT2D eigenvalue weighted by molar-refractivity contribution is 5.79. The van der Waals surface area contributed by atoms with Crippen molar-refractivity contribution in [1.29, 1.82) is 0 Å². The number of nitrogens with zero attached hydrogens (tertiary/aromatic N) is 1. The molecule has 0 spiro atoms. The lowest BCUT2D eigenvalue weighted by Crippen LogP contribution is -2.48. The van der Waals surface area contributed by atoms with E-state index in [2.05, 4.69) is 32.0 Å². The number of amides is 1. The Morgan fingerprint density at radius 1 is 1.32 bits per heavy atom. The number of hydrogen-bond acceptors (Lipinski definition) is 2. The highest BCUT2D eigenvalue weighted by atomic mass is 16.4. The number of aliphatic carboxylic acids is 1. The van der Waals surface area contributed by atoms with Crippen LogP contribution in [0.4, 0.5) is 0 Å². The number of carboxylic acid groups (broad SMARTS) is 1. The normalized spacial score (nSPS) is 21.7. The van der Waals surface area contributed by atoms with Crippen LogP contribution in [-0.2, 0) is 16.0 Å². The van der Waals surface area contributed by atoms with Gasteiger partial charge in [-0.3, -0.25) is 9.59 Å². The van der Waals surface area contributed by atoms with Crippen molar-refractivity contribution in [2.45, 2.75) is 46.5 Å². The molecule has 4 heteroatoms. The van der Waals surface area contributed by atoms with Crippen LogP contribution in [0, 0.1) is 19.3 Å². The minimum Gasteiger partial charge on any atom is -0.481 e. The van der Waals surface area contributed by atoms with E-state index in [1.165, 1.54) is 16.7 Å². The first-order valence-corrected chi connectivity index (χ1v) is 7.89. The number of aryl methyl sites for hydroxylation is 3. The lowest BCUT2D eigenvalue weighted by Gasteiger charge is -2.37. The molecule has 1 heterocycles. The summed E-state index contributed by atoms with van der Waals surface area (Å²) < 4.78 is 0. The van der Waals surface area contributed by atoms with Gasteiger partial charge in [0.15, 0.2) is 0 Å². The van der Waals surface area contributed by atoms with Crippen LogP contribution in [0.5, 0.6) is 0 Å². The summed E-state index contributed by atoms with van der Waals surface area (Å²) in [7, 11) is 0. The minimum atomic E-state index is -0.806. The zero-order chi connectivity index (χ0) is 16.3. The van der Waals surface area contributed by atoms with E-state index < -0.39 is 11.4 Å². The molecule has 1 amide bonds.